The fourth-order valence-electron chi connectivity index (χ4n) is 2.85. The molecule has 1 heterocycles. The number of hydrogen-bond donors (Lipinski definition) is 2. The van der Waals surface area contributed by atoms with E-state index >= 15 is 0 Å². The number of nitrogens with one attached hydrogen (secondary N) is 2. The van der Waals surface area contributed by atoms with Gasteiger partial charge in [0.05, 0.1) is 0 Å². The molecule has 4 heteroatoms. The first-order chi connectivity index (χ1) is 9.63. The second kappa shape index (κ2) is 7.11. The third kappa shape index (κ3) is 4.23. The van der Waals surface area contributed by atoms with E-state index in [2.05, 4.69) is 46.3 Å². The fraction of sp³-hybridized carbons (Fsp3) is 0.688. The third-order valence-corrected chi connectivity index (χ3v) is 5.11. The maximum Gasteiger partial charge on any atom is 0.191 e. The van der Waals surface area contributed by atoms with Gasteiger partial charge in [0.25, 0.3) is 0 Å². The highest BCUT2D eigenvalue weighted by Crippen LogP contribution is 2.36. The molecular formula is C16H27N3S. The van der Waals surface area contributed by atoms with Gasteiger partial charge in [0.2, 0.25) is 0 Å². The van der Waals surface area contributed by atoms with E-state index in [-0.39, 0.29) is 0 Å². The standard InChI is InChI=1S/C16H27N3S/c1-13(14-6-9-20-11-14)10-18-15(17-3)19-12-16(2)7-4-5-8-16/h6,9,11,13H,4-5,7-8,10,12H2,1-3H3,(H2,17,18,19). The summed E-state index contributed by atoms with van der Waals surface area (Å²) < 4.78 is 0. The number of guanidine groups is 1. The van der Waals surface area contributed by atoms with E-state index in [1.807, 2.05) is 7.05 Å². The molecule has 3 nitrogen and oxygen atoms in total. The first-order valence-corrected chi connectivity index (χ1v) is 8.54. The van der Waals surface area contributed by atoms with Crippen LogP contribution in [0.3, 0.4) is 0 Å². The third-order valence-electron chi connectivity index (χ3n) is 4.40. The van der Waals surface area contributed by atoms with E-state index in [1.165, 1.54) is 31.2 Å². The Balaban J connectivity index is 1.75. The zero-order valence-corrected chi connectivity index (χ0v) is 13.7. The predicted octanol–water partition coefficient (Wildman–Crippen LogP) is 3.60. The molecule has 0 amide bonds. The molecule has 0 radical (unpaired) electrons. The molecule has 20 heavy (non-hydrogen) atoms. The van der Waals surface area contributed by atoms with Crippen molar-refractivity contribution in [2.45, 2.75) is 45.4 Å². The molecular weight excluding hydrogens is 266 g/mol. The normalized spacial score (nSPS) is 19.9. The molecule has 1 aliphatic carbocycles. The van der Waals surface area contributed by atoms with E-state index in [9.17, 15) is 0 Å². The largest absolute Gasteiger partial charge is 0.356 e. The molecule has 2 rings (SSSR count). The van der Waals surface area contributed by atoms with Gasteiger partial charge in [0, 0.05) is 20.1 Å². The van der Waals surface area contributed by atoms with Crippen molar-refractivity contribution >= 4 is 17.3 Å². The second-order valence-corrected chi connectivity index (χ2v) is 7.06. The maximum absolute atomic E-state index is 4.33. The van der Waals surface area contributed by atoms with Gasteiger partial charge in [-0.2, -0.15) is 11.3 Å². The first-order valence-electron chi connectivity index (χ1n) is 7.59. The number of aliphatic imine (C=N–C) groups is 1. The van der Waals surface area contributed by atoms with E-state index in [4.69, 9.17) is 0 Å². The van der Waals surface area contributed by atoms with E-state index < -0.39 is 0 Å². The van der Waals surface area contributed by atoms with Crippen LogP contribution in [0.5, 0.6) is 0 Å². The van der Waals surface area contributed by atoms with Crippen LogP contribution in [-0.4, -0.2) is 26.1 Å². The summed E-state index contributed by atoms with van der Waals surface area (Å²) >= 11 is 1.76. The molecule has 2 N–H and O–H groups in total. The van der Waals surface area contributed by atoms with Crippen molar-refractivity contribution in [1.82, 2.24) is 10.6 Å². The molecule has 1 atom stereocenters. The summed E-state index contributed by atoms with van der Waals surface area (Å²) in [6.45, 7) is 6.58. The Labute approximate surface area is 126 Å². The molecule has 1 unspecified atom stereocenters. The van der Waals surface area contributed by atoms with Crippen LogP contribution in [0.15, 0.2) is 21.8 Å². The van der Waals surface area contributed by atoms with Crippen LogP contribution in [0.2, 0.25) is 0 Å². The van der Waals surface area contributed by atoms with Gasteiger partial charge in [-0.15, -0.1) is 0 Å². The average Bonchev–Trinajstić information content (AvgIpc) is 3.10. The molecule has 0 aromatic carbocycles. The van der Waals surface area contributed by atoms with Crippen LogP contribution in [0, 0.1) is 5.41 Å². The van der Waals surface area contributed by atoms with E-state index in [0.717, 1.165) is 19.0 Å². The van der Waals surface area contributed by atoms with E-state index in [0.29, 0.717) is 11.3 Å². The lowest BCUT2D eigenvalue weighted by Crippen LogP contribution is -2.43. The van der Waals surface area contributed by atoms with Crippen molar-refractivity contribution in [2.24, 2.45) is 10.4 Å². The molecule has 0 aliphatic heterocycles. The lowest BCUT2D eigenvalue weighted by atomic mass is 9.89. The van der Waals surface area contributed by atoms with Crippen molar-refractivity contribution in [1.29, 1.82) is 0 Å². The zero-order chi connectivity index (χ0) is 14.4. The number of hydrogen-bond acceptors (Lipinski definition) is 2. The molecule has 112 valence electrons. The summed E-state index contributed by atoms with van der Waals surface area (Å²) in [5, 5.41) is 11.3. The summed E-state index contributed by atoms with van der Waals surface area (Å²) in [6, 6.07) is 2.20. The molecule has 0 bridgehead atoms. The number of thiophene rings is 1. The van der Waals surface area contributed by atoms with Gasteiger partial charge in [-0.1, -0.05) is 26.7 Å². The highest BCUT2D eigenvalue weighted by Gasteiger charge is 2.28. The van der Waals surface area contributed by atoms with Gasteiger partial charge >= 0.3 is 0 Å². The highest BCUT2D eigenvalue weighted by molar-refractivity contribution is 7.07. The van der Waals surface area contributed by atoms with Crippen molar-refractivity contribution < 1.29 is 0 Å². The van der Waals surface area contributed by atoms with Crippen molar-refractivity contribution in [3.05, 3.63) is 22.4 Å². The molecule has 0 saturated heterocycles. The van der Waals surface area contributed by atoms with Crippen LogP contribution in [-0.2, 0) is 0 Å². The Morgan fingerprint density at radius 3 is 2.75 bits per heavy atom. The molecule has 1 fully saturated rings. The molecule has 1 aromatic rings. The Kier molecular flexibility index (Phi) is 5.46. The summed E-state index contributed by atoms with van der Waals surface area (Å²) in [7, 11) is 1.85. The number of nitrogens with zero attached hydrogens (tertiary/aromatic N) is 1. The minimum atomic E-state index is 0.455. The summed E-state index contributed by atoms with van der Waals surface area (Å²) in [5.41, 5.74) is 1.86. The monoisotopic (exact) mass is 293 g/mol. The minimum Gasteiger partial charge on any atom is -0.356 e. The predicted molar refractivity (Wildman–Crippen MR) is 88.7 cm³/mol. The van der Waals surface area contributed by atoms with Crippen molar-refractivity contribution in [3.63, 3.8) is 0 Å². The van der Waals surface area contributed by atoms with Crippen LogP contribution in [0.1, 0.15) is 51.0 Å². The second-order valence-electron chi connectivity index (χ2n) is 6.28. The lowest BCUT2D eigenvalue weighted by Gasteiger charge is -2.25. The van der Waals surface area contributed by atoms with Gasteiger partial charge in [-0.25, -0.2) is 0 Å². The Morgan fingerprint density at radius 2 is 2.15 bits per heavy atom. The Morgan fingerprint density at radius 1 is 1.40 bits per heavy atom. The fourth-order valence-corrected chi connectivity index (χ4v) is 3.63. The zero-order valence-electron chi connectivity index (χ0n) is 12.9. The molecule has 1 aromatic heterocycles. The van der Waals surface area contributed by atoms with Gasteiger partial charge in [-0.3, -0.25) is 4.99 Å². The van der Waals surface area contributed by atoms with Crippen LogP contribution >= 0.6 is 11.3 Å². The SMILES string of the molecule is CN=C(NCC(C)c1ccsc1)NCC1(C)CCCC1. The minimum absolute atomic E-state index is 0.455. The molecule has 0 spiro atoms. The maximum atomic E-state index is 4.33. The van der Waals surface area contributed by atoms with Crippen molar-refractivity contribution in [3.8, 4) is 0 Å². The smallest absolute Gasteiger partial charge is 0.191 e. The summed E-state index contributed by atoms with van der Waals surface area (Å²) in [5.74, 6) is 1.45. The number of rotatable bonds is 5. The summed E-state index contributed by atoms with van der Waals surface area (Å²) in [6.07, 6.45) is 5.42. The van der Waals surface area contributed by atoms with Gasteiger partial charge in [0.1, 0.15) is 0 Å². The van der Waals surface area contributed by atoms with Gasteiger partial charge < -0.3 is 10.6 Å². The molecule has 1 saturated carbocycles. The van der Waals surface area contributed by atoms with Crippen LogP contribution in [0.4, 0.5) is 0 Å². The van der Waals surface area contributed by atoms with Gasteiger partial charge in [0.15, 0.2) is 5.96 Å². The van der Waals surface area contributed by atoms with Gasteiger partial charge in [-0.05, 0) is 46.6 Å². The topological polar surface area (TPSA) is 36.4 Å². The summed E-state index contributed by atoms with van der Waals surface area (Å²) in [4.78, 5) is 4.33. The Hall–Kier alpha value is -1.03. The Bertz CT molecular complexity index is 419. The molecule has 1 aliphatic rings. The highest BCUT2D eigenvalue weighted by atomic mass is 32.1. The average molecular weight is 293 g/mol. The quantitative estimate of drug-likeness (QED) is 0.643. The van der Waals surface area contributed by atoms with Crippen LogP contribution < -0.4 is 10.6 Å². The van der Waals surface area contributed by atoms with Crippen LogP contribution in [0.25, 0.3) is 0 Å². The first kappa shape index (κ1) is 15.4. The van der Waals surface area contributed by atoms with E-state index in [1.54, 1.807) is 11.3 Å². The van der Waals surface area contributed by atoms with Crippen molar-refractivity contribution in [2.75, 3.05) is 20.1 Å². The lowest BCUT2D eigenvalue weighted by molar-refractivity contribution is 0.334.